The van der Waals surface area contributed by atoms with Crippen LogP contribution < -0.4 is 10.6 Å². The smallest absolute Gasteiger partial charge is 0.0907 e. The number of hydrogen-bond acceptors (Lipinski definition) is 4. The molecule has 1 aliphatic rings. The molecule has 1 unspecified atom stereocenters. The second-order valence-corrected chi connectivity index (χ2v) is 4.43. The molecule has 1 saturated heterocycles. The molecule has 2 aromatic rings. The molecule has 2 N–H and O–H groups in total. The van der Waals surface area contributed by atoms with Crippen LogP contribution >= 0.6 is 0 Å². The van der Waals surface area contributed by atoms with Gasteiger partial charge in [-0.3, -0.25) is 9.97 Å². The molecular formula is C13H16N4. The third kappa shape index (κ3) is 2.36. The van der Waals surface area contributed by atoms with Crippen LogP contribution in [-0.2, 0) is 0 Å². The van der Waals surface area contributed by atoms with E-state index in [1.54, 1.807) is 12.4 Å². The van der Waals surface area contributed by atoms with Gasteiger partial charge in [-0.1, -0.05) is 0 Å². The van der Waals surface area contributed by atoms with Crippen molar-refractivity contribution in [3.63, 3.8) is 0 Å². The van der Waals surface area contributed by atoms with E-state index < -0.39 is 0 Å². The molecule has 2 heterocycles. The van der Waals surface area contributed by atoms with Crippen molar-refractivity contribution in [3.05, 3.63) is 30.6 Å². The van der Waals surface area contributed by atoms with E-state index in [2.05, 4.69) is 32.7 Å². The monoisotopic (exact) mass is 228 g/mol. The normalized spacial score (nSPS) is 19.6. The highest BCUT2D eigenvalue weighted by Gasteiger charge is 2.13. The molecule has 88 valence electrons. The molecule has 4 heteroatoms. The fourth-order valence-corrected chi connectivity index (χ4v) is 2.25. The molecule has 0 aliphatic carbocycles. The van der Waals surface area contributed by atoms with Gasteiger partial charge in [0.25, 0.3) is 0 Å². The average Bonchev–Trinajstić information content (AvgIpc) is 2.89. The minimum absolute atomic E-state index is 0.604. The zero-order valence-corrected chi connectivity index (χ0v) is 9.69. The Balaban J connectivity index is 1.72. The van der Waals surface area contributed by atoms with Gasteiger partial charge >= 0.3 is 0 Å². The third-order valence-electron chi connectivity index (χ3n) is 3.18. The van der Waals surface area contributed by atoms with E-state index in [0.717, 1.165) is 29.8 Å². The first-order valence-corrected chi connectivity index (χ1v) is 6.10. The number of aromatic nitrogens is 2. The van der Waals surface area contributed by atoms with Crippen molar-refractivity contribution in [2.45, 2.75) is 18.9 Å². The van der Waals surface area contributed by atoms with Gasteiger partial charge in [-0.15, -0.1) is 0 Å². The lowest BCUT2D eigenvalue weighted by Gasteiger charge is -2.12. The predicted molar refractivity (Wildman–Crippen MR) is 69.1 cm³/mol. The van der Waals surface area contributed by atoms with E-state index in [1.807, 2.05) is 6.07 Å². The number of nitrogens with zero attached hydrogens (tertiary/aromatic N) is 2. The Morgan fingerprint density at radius 2 is 2.12 bits per heavy atom. The quantitative estimate of drug-likeness (QED) is 0.841. The van der Waals surface area contributed by atoms with Gasteiger partial charge in [-0.2, -0.15) is 0 Å². The number of nitrogens with one attached hydrogen (secondary N) is 2. The second-order valence-electron chi connectivity index (χ2n) is 4.43. The van der Waals surface area contributed by atoms with Crippen molar-refractivity contribution >= 4 is 16.7 Å². The minimum atomic E-state index is 0.604. The lowest BCUT2D eigenvalue weighted by atomic mass is 10.2. The Morgan fingerprint density at radius 1 is 1.24 bits per heavy atom. The summed E-state index contributed by atoms with van der Waals surface area (Å²) in [5.41, 5.74) is 3.00. The average molecular weight is 228 g/mol. The summed E-state index contributed by atoms with van der Waals surface area (Å²) in [4.78, 5) is 8.56. The summed E-state index contributed by atoms with van der Waals surface area (Å²) in [5.74, 6) is 0. The summed E-state index contributed by atoms with van der Waals surface area (Å²) in [5, 5.41) is 6.92. The zero-order chi connectivity index (χ0) is 11.5. The standard InChI is InChI=1S/C13H16N4/c1-2-11(14-5-1)9-17-10-3-4-12-13(8-10)16-7-6-15-12/h3-4,6-8,11,14,17H,1-2,5,9H2. The minimum Gasteiger partial charge on any atom is -0.383 e. The lowest BCUT2D eigenvalue weighted by molar-refractivity contribution is 0.633. The molecule has 1 fully saturated rings. The molecule has 0 spiro atoms. The van der Waals surface area contributed by atoms with Crippen molar-refractivity contribution in [2.75, 3.05) is 18.4 Å². The molecule has 0 amide bonds. The first kappa shape index (κ1) is 10.5. The fourth-order valence-electron chi connectivity index (χ4n) is 2.25. The Kier molecular flexibility index (Phi) is 2.88. The second kappa shape index (κ2) is 4.67. The van der Waals surface area contributed by atoms with Gasteiger partial charge in [-0.25, -0.2) is 0 Å². The summed E-state index contributed by atoms with van der Waals surface area (Å²) < 4.78 is 0. The highest BCUT2D eigenvalue weighted by molar-refractivity contribution is 5.78. The molecule has 1 atom stereocenters. The van der Waals surface area contributed by atoms with Crippen molar-refractivity contribution in [1.82, 2.24) is 15.3 Å². The van der Waals surface area contributed by atoms with E-state index in [1.165, 1.54) is 12.8 Å². The molecule has 3 rings (SSSR count). The maximum atomic E-state index is 4.30. The molecule has 1 aromatic carbocycles. The molecule has 1 aliphatic heterocycles. The summed E-state index contributed by atoms with van der Waals surface area (Å²) in [6.45, 7) is 2.13. The van der Waals surface area contributed by atoms with Gasteiger partial charge in [0.05, 0.1) is 11.0 Å². The Morgan fingerprint density at radius 3 is 2.94 bits per heavy atom. The van der Waals surface area contributed by atoms with Crippen LogP contribution in [0.2, 0.25) is 0 Å². The highest BCUT2D eigenvalue weighted by Crippen LogP contribution is 2.15. The van der Waals surface area contributed by atoms with Crippen molar-refractivity contribution < 1.29 is 0 Å². The summed E-state index contributed by atoms with van der Waals surface area (Å²) >= 11 is 0. The van der Waals surface area contributed by atoms with Crippen LogP contribution in [0, 0.1) is 0 Å². The maximum Gasteiger partial charge on any atom is 0.0907 e. The number of rotatable bonds is 3. The van der Waals surface area contributed by atoms with Gasteiger partial charge < -0.3 is 10.6 Å². The topological polar surface area (TPSA) is 49.8 Å². The van der Waals surface area contributed by atoms with Crippen LogP contribution in [-0.4, -0.2) is 29.1 Å². The predicted octanol–water partition coefficient (Wildman–Crippen LogP) is 1.79. The van der Waals surface area contributed by atoms with Crippen molar-refractivity contribution in [1.29, 1.82) is 0 Å². The molecule has 17 heavy (non-hydrogen) atoms. The largest absolute Gasteiger partial charge is 0.383 e. The van der Waals surface area contributed by atoms with Crippen LogP contribution in [0.25, 0.3) is 11.0 Å². The summed E-state index contributed by atoms with van der Waals surface area (Å²) in [6, 6.07) is 6.73. The van der Waals surface area contributed by atoms with Gasteiger partial charge in [0, 0.05) is 30.7 Å². The van der Waals surface area contributed by atoms with Crippen LogP contribution in [0.1, 0.15) is 12.8 Å². The lowest BCUT2D eigenvalue weighted by Crippen LogP contribution is -2.29. The number of fused-ring (bicyclic) bond motifs is 1. The molecular weight excluding hydrogens is 212 g/mol. The number of hydrogen-bond donors (Lipinski definition) is 2. The Hall–Kier alpha value is -1.68. The first-order valence-electron chi connectivity index (χ1n) is 6.10. The van der Waals surface area contributed by atoms with Crippen LogP contribution in [0.15, 0.2) is 30.6 Å². The fraction of sp³-hybridized carbons (Fsp3) is 0.385. The highest BCUT2D eigenvalue weighted by atomic mass is 15.0. The Bertz CT molecular complexity index is 506. The Labute approximate surface area is 100 Å². The van der Waals surface area contributed by atoms with Gasteiger partial charge in [0.15, 0.2) is 0 Å². The maximum absolute atomic E-state index is 4.30. The third-order valence-corrected chi connectivity index (χ3v) is 3.18. The van der Waals surface area contributed by atoms with Gasteiger partial charge in [-0.05, 0) is 37.6 Å². The number of benzene rings is 1. The van der Waals surface area contributed by atoms with Gasteiger partial charge in [0.1, 0.15) is 0 Å². The molecule has 0 bridgehead atoms. The number of anilines is 1. The van der Waals surface area contributed by atoms with E-state index >= 15 is 0 Å². The van der Waals surface area contributed by atoms with Crippen LogP contribution in [0.3, 0.4) is 0 Å². The first-order chi connectivity index (χ1) is 8.42. The molecule has 0 saturated carbocycles. The van der Waals surface area contributed by atoms with E-state index in [0.29, 0.717) is 6.04 Å². The summed E-state index contributed by atoms with van der Waals surface area (Å²) in [6.07, 6.45) is 6.00. The van der Waals surface area contributed by atoms with E-state index in [4.69, 9.17) is 0 Å². The molecule has 1 aromatic heterocycles. The van der Waals surface area contributed by atoms with Crippen molar-refractivity contribution in [3.8, 4) is 0 Å². The summed E-state index contributed by atoms with van der Waals surface area (Å²) in [7, 11) is 0. The molecule has 4 nitrogen and oxygen atoms in total. The van der Waals surface area contributed by atoms with Crippen molar-refractivity contribution in [2.24, 2.45) is 0 Å². The van der Waals surface area contributed by atoms with E-state index in [-0.39, 0.29) is 0 Å². The molecule has 0 radical (unpaired) electrons. The van der Waals surface area contributed by atoms with Crippen LogP contribution in [0.4, 0.5) is 5.69 Å². The zero-order valence-electron chi connectivity index (χ0n) is 9.69. The van der Waals surface area contributed by atoms with Gasteiger partial charge in [0.2, 0.25) is 0 Å². The van der Waals surface area contributed by atoms with Crippen LogP contribution in [0.5, 0.6) is 0 Å². The SMILES string of the molecule is c1cnc2cc(NCC3CCCN3)ccc2n1. The van der Waals surface area contributed by atoms with E-state index in [9.17, 15) is 0 Å².